The number of piperidine rings is 1. The number of hydrogen-bond donors (Lipinski definition) is 1. The van der Waals surface area contributed by atoms with Gasteiger partial charge in [0.1, 0.15) is 0 Å². The molecule has 3 rings (SSSR count). The van der Waals surface area contributed by atoms with E-state index in [1.165, 1.54) is 0 Å². The van der Waals surface area contributed by atoms with Crippen LogP contribution in [0.3, 0.4) is 0 Å². The van der Waals surface area contributed by atoms with Gasteiger partial charge in [-0.05, 0) is 63.7 Å². The number of aryl methyl sites for hydroxylation is 1. The van der Waals surface area contributed by atoms with Gasteiger partial charge in [0.05, 0.1) is 4.90 Å². The van der Waals surface area contributed by atoms with Crippen LogP contribution in [0.5, 0.6) is 0 Å². The van der Waals surface area contributed by atoms with Gasteiger partial charge in [-0.3, -0.25) is 0 Å². The third kappa shape index (κ3) is 4.17. The van der Waals surface area contributed by atoms with E-state index in [2.05, 4.69) is 5.32 Å². The van der Waals surface area contributed by atoms with E-state index in [1.807, 2.05) is 19.1 Å². The molecule has 2 saturated heterocycles. The van der Waals surface area contributed by atoms with E-state index < -0.39 is 10.0 Å². The molecule has 0 unspecified atom stereocenters. The molecule has 2 aliphatic heterocycles. The molecule has 5 nitrogen and oxygen atoms in total. The maximum absolute atomic E-state index is 13.3. The highest BCUT2D eigenvalue weighted by atomic mass is 32.2. The van der Waals surface area contributed by atoms with Crippen LogP contribution >= 0.6 is 0 Å². The Labute approximate surface area is 145 Å². The average molecular weight is 353 g/mol. The lowest BCUT2D eigenvalue weighted by molar-refractivity contribution is 0.0564. The second-order valence-electron chi connectivity index (χ2n) is 6.92. The second kappa shape index (κ2) is 7.95. The zero-order valence-electron chi connectivity index (χ0n) is 14.4. The molecule has 6 heteroatoms. The normalized spacial score (nSPS) is 21.2. The minimum atomic E-state index is -3.45. The largest absolute Gasteiger partial charge is 0.381 e. The van der Waals surface area contributed by atoms with Crippen LogP contribution in [0.25, 0.3) is 0 Å². The summed E-state index contributed by atoms with van der Waals surface area (Å²) in [6.45, 7) is 5.86. The predicted octanol–water partition coefficient (Wildman–Crippen LogP) is 2.16. The summed E-state index contributed by atoms with van der Waals surface area (Å²) in [5, 5.41) is 3.33. The predicted molar refractivity (Wildman–Crippen MR) is 94.5 cm³/mol. The number of hydrogen-bond acceptors (Lipinski definition) is 4. The van der Waals surface area contributed by atoms with Crippen LogP contribution in [0.4, 0.5) is 0 Å². The molecule has 0 atom stereocenters. The van der Waals surface area contributed by atoms with Crippen LogP contribution in [0.2, 0.25) is 0 Å². The van der Waals surface area contributed by atoms with Crippen molar-refractivity contribution in [1.29, 1.82) is 0 Å². The van der Waals surface area contributed by atoms with Gasteiger partial charge in [-0.2, -0.15) is 4.31 Å². The lowest BCUT2D eigenvalue weighted by Gasteiger charge is -2.36. The molecule has 2 fully saturated rings. The molecule has 1 N–H and O–H groups in total. The smallest absolute Gasteiger partial charge is 0.243 e. The van der Waals surface area contributed by atoms with Crippen molar-refractivity contribution in [2.24, 2.45) is 5.92 Å². The lowest BCUT2D eigenvalue weighted by Crippen LogP contribution is -2.48. The van der Waals surface area contributed by atoms with Crippen molar-refractivity contribution in [3.63, 3.8) is 0 Å². The number of ether oxygens (including phenoxy) is 1. The molecule has 2 aliphatic rings. The van der Waals surface area contributed by atoms with Crippen molar-refractivity contribution in [3.8, 4) is 0 Å². The summed E-state index contributed by atoms with van der Waals surface area (Å²) in [5.74, 6) is 0.397. The summed E-state index contributed by atoms with van der Waals surface area (Å²) in [5.41, 5.74) is 1.08. The summed E-state index contributed by atoms with van der Waals surface area (Å²) >= 11 is 0. The monoisotopic (exact) mass is 352 g/mol. The Kier molecular flexibility index (Phi) is 5.92. The highest BCUT2D eigenvalue weighted by Gasteiger charge is 2.34. The fraction of sp³-hybridized carbons (Fsp3) is 0.667. The van der Waals surface area contributed by atoms with Crippen LogP contribution in [0, 0.1) is 12.8 Å². The van der Waals surface area contributed by atoms with E-state index in [0.29, 0.717) is 17.4 Å². The van der Waals surface area contributed by atoms with Crippen LogP contribution in [-0.2, 0) is 14.8 Å². The Morgan fingerprint density at radius 3 is 2.33 bits per heavy atom. The molecule has 0 aliphatic carbocycles. The van der Waals surface area contributed by atoms with Gasteiger partial charge in [0.15, 0.2) is 0 Å². The SMILES string of the molecule is Cc1ccc(S(=O)(=O)N(CC2CCOCC2)C2CCNCC2)cc1. The minimum absolute atomic E-state index is 0.0976. The molecule has 1 aromatic rings. The molecule has 0 radical (unpaired) electrons. The zero-order chi connectivity index (χ0) is 17.0. The van der Waals surface area contributed by atoms with Crippen LogP contribution in [-0.4, -0.2) is 51.6 Å². The first-order chi connectivity index (χ1) is 11.6. The summed E-state index contributed by atoms with van der Waals surface area (Å²) < 4.78 is 33.8. The minimum Gasteiger partial charge on any atom is -0.381 e. The summed E-state index contributed by atoms with van der Waals surface area (Å²) in [4.78, 5) is 0.415. The van der Waals surface area contributed by atoms with Crippen molar-refractivity contribution in [3.05, 3.63) is 29.8 Å². The molecule has 0 bridgehead atoms. The fourth-order valence-corrected chi connectivity index (χ4v) is 5.33. The van der Waals surface area contributed by atoms with Gasteiger partial charge in [-0.15, -0.1) is 0 Å². The number of nitrogens with one attached hydrogen (secondary N) is 1. The third-order valence-corrected chi connectivity index (χ3v) is 7.06. The summed E-state index contributed by atoms with van der Waals surface area (Å²) in [6, 6.07) is 7.33. The Hall–Kier alpha value is -0.950. The molecule has 0 amide bonds. The van der Waals surface area contributed by atoms with E-state index in [9.17, 15) is 8.42 Å². The second-order valence-corrected chi connectivity index (χ2v) is 8.82. The number of benzene rings is 1. The first-order valence-electron chi connectivity index (χ1n) is 8.94. The van der Waals surface area contributed by atoms with Crippen molar-refractivity contribution in [2.45, 2.75) is 43.5 Å². The molecule has 0 saturated carbocycles. The highest BCUT2D eigenvalue weighted by molar-refractivity contribution is 7.89. The first kappa shape index (κ1) is 17.9. The van der Waals surface area contributed by atoms with Gasteiger partial charge in [0, 0.05) is 25.8 Å². The van der Waals surface area contributed by atoms with Gasteiger partial charge >= 0.3 is 0 Å². The van der Waals surface area contributed by atoms with Crippen molar-refractivity contribution < 1.29 is 13.2 Å². The molecular formula is C18H28N2O3S. The molecule has 24 heavy (non-hydrogen) atoms. The van der Waals surface area contributed by atoms with E-state index in [4.69, 9.17) is 4.74 Å². The maximum atomic E-state index is 13.3. The van der Waals surface area contributed by atoms with Crippen molar-refractivity contribution in [1.82, 2.24) is 9.62 Å². The van der Waals surface area contributed by atoms with Gasteiger partial charge in [0.2, 0.25) is 10.0 Å². The standard InChI is InChI=1S/C18H28N2O3S/c1-15-2-4-18(5-3-15)24(21,22)20(17-6-10-19-11-7-17)14-16-8-12-23-13-9-16/h2-5,16-17,19H,6-14H2,1H3. The summed E-state index contributed by atoms with van der Waals surface area (Å²) in [7, 11) is -3.45. The van der Waals surface area contributed by atoms with E-state index in [1.54, 1.807) is 16.4 Å². The Balaban J connectivity index is 1.85. The zero-order valence-corrected chi connectivity index (χ0v) is 15.2. The van der Waals surface area contributed by atoms with Gasteiger partial charge < -0.3 is 10.1 Å². The summed E-state index contributed by atoms with van der Waals surface area (Å²) in [6.07, 6.45) is 3.67. The van der Waals surface area contributed by atoms with Crippen LogP contribution in [0.15, 0.2) is 29.2 Å². The van der Waals surface area contributed by atoms with Gasteiger partial charge in [0.25, 0.3) is 0 Å². The fourth-order valence-electron chi connectivity index (χ4n) is 3.57. The van der Waals surface area contributed by atoms with E-state index in [0.717, 1.165) is 57.6 Å². The van der Waals surface area contributed by atoms with Gasteiger partial charge in [-0.1, -0.05) is 17.7 Å². The van der Waals surface area contributed by atoms with Gasteiger partial charge in [-0.25, -0.2) is 8.42 Å². The average Bonchev–Trinajstić information content (AvgIpc) is 2.61. The van der Waals surface area contributed by atoms with Crippen LogP contribution in [0.1, 0.15) is 31.2 Å². The van der Waals surface area contributed by atoms with Crippen molar-refractivity contribution >= 4 is 10.0 Å². The molecular weight excluding hydrogens is 324 g/mol. The lowest BCUT2D eigenvalue weighted by atomic mass is 9.99. The molecule has 2 heterocycles. The molecule has 0 spiro atoms. The number of rotatable bonds is 5. The highest BCUT2D eigenvalue weighted by Crippen LogP contribution is 2.27. The topological polar surface area (TPSA) is 58.6 Å². The van der Waals surface area contributed by atoms with Crippen LogP contribution < -0.4 is 5.32 Å². The number of nitrogens with zero attached hydrogens (tertiary/aromatic N) is 1. The number of sulfonamides is 1. The first-order valence-corrected chi connectivity index (χ1v) is 10.4. The Morgan fingerprint density at radius 1 is 1.08 bits per heavy atom. The maximum Gasteiger partial charge on any atom is 0.243 e. The third-order valence-electron chi connectivity index (χ3n) is 5.12. The molecule has 1 aromatic carbocycles. The molecule has 0 aromatic heterocycles. The Bertz CT molecular complexity index is 618. The van der Waals surface area contributed by atoms with Crippen molar-refractivity contribution in [2.75, 3.05) is 32.8 Å². The van der Waals surface area contributed by atoms with E-state index >= 15 is 0 Å². The Morgan fingerprint density at radius 2 is 1.71 bits per heavy atom. The quantitative estimate of drug-likeness (QED) is 0.882. The van der Waals surface area contributed by atoms with E-state index in [-0.39, 0.29) is 6.04 Å². The molecule has 134 valence electrons.